The lowest BCUT2D eigenvalue weighted by atomic mass is 10.3. The van der Waals surface area contributed by atoms with Crippen LogP contribution < -0.4 is 4.74 Å². The Bertz CT molecular complexity index is 268. The van der Waals surface area contributed by atoms with Gasteiger partial charge in [-0.15, -0.1) is 0 Å². The second-order valence-electron chi connectivity index (χ2n) is 2.36. The number of hydrogen-bond acceptors (Lipinski definition) is 2. The van der Waals surface area contributed by atoms with Gasteiger partial charge in [0, 0.05) is 12.1 Å². The average Bonchev–Trinajstić information content (AvgIpc) is 2.16. The number of nitrogens with zero attached hydrogens (tertiary/aromatic N) is 1. The number of halogens is 3. The van der Waals surface area contributed by atoms with Crippen molar-refractivity contribution in [2.45, 2.75) is 13.1 Å². The van der Waals surface area contributed by atoms with Crippen molar-refractivity contribution in [1.29, 1.82) is 0 Å². The van der Waals surface area contributed by atoms with Gasteiger partial charge in [-0.3, -0.25) is 0 Å². The van der Waals surface area contributed by atoms with Crippen LogP contribution in [0.3, 0.4) is 0 Å². The summed E-state index contributed by atoms with van der Waals surface area (Å²) in [4.78, 5) is 3.39. The highest BCUT2D eigenvalue weighted by Gasteiger charge is 2.11. The minimum Gasteiger partial charge on any atom is -0.497 e. The molecule has 1 aromatic heterocycles. The molecule has 1 heterocycles. The maximum atomic E-state index is 12.2. The number of aromatic nitrogens is 1. The maximum absolute atomic E-state index is 12.2. The lowest BCUT2D eigenvalue weighted by Crippen LogP contribution is -1.96. The number of alkyl halides is 3. The fraction of sp³-hybridized carbons (Fsp3) is 0.375. The molecule has 0 amide bonds. The molecule has 0 fully saturated rings. The Labute approximate surface area is 73.4 Å². The summed E-state index contributed by atoms with van der Waals surface area (Å²) in [5.74, 6) is 0.193. The first-order chi connectivity index (χ1) is 6.17. The van der Waals surface area contributed by atoms with Crippen molar-refractivity contribution in [3.05, 3.63) is 23.5 Å². The van der Waals surface area contributed by atoms with Gasteiger partial charge in [0.05, 0.1) is 12.8 Å². The van der Waals surface area contributed by atoms with E-state index in [0.717, 1.165) is 6.07 Å². The highest BCUT2D eigenvalue weighted by molar-refractivity contribution is 5.27. The van der Waals surface area contributed by atoms with Crippen LogP contribution in [0.1, 0.15) is 17.8 Å². The Kier molecular flexibility index (Phi) is 3.11. The third kappa shape index (κ3) is 2.34. The number of methoxy groups -OCH3 is 1. The third-order valence-electron chi connectivity index (χ3n) is 1.47. The molecule has 0 aromatic carbocycles. The summed E-state index contributed by atoms with van der Waals surface area (Å²) in [6.07, 6.45) is -2.71. The number of rotatable bonds is 3. The van der Waals surface area contributed by atoms with Gasteiger partial charge >= 0.3 is 0 Å². The fourth-order valence-corrected chi connectivity index (χ4v) is 0.880. The molecule has 0 atom stereocenters. The van der Waals surface area contributed by atoms with Crippen LogP contribution in [-0.4, -0.2) is 12.1 Å². The minimum absolute atomic E-state index is 0.0466. The van der Waals surface area contributed by atoms with Crippen molar-refractivity contribution in [2.24, 2.45) is 0 Å². The van der Waals surface area contributed by atoms with Gasteiger partial charge in [0.2, 0.25) is 0 Å². The molecule has 0 aliphatic rings. The van der Waals surface area contributed by atoms with Gasteiger partial charge in [-0.1, -0.05) is 0 Å². The summed E-state index contributed by atoms with van der Waals surface area (Å²) in [5, 5.41) is 0. The van der Waals surface area contributed by atoms with Crippen LogP contribution in [-0.2, 0) is 6.67 Å². The third-order valence-corrected chi connectivity index (χ3v) is 1.47. The van der Waals surface area contributed by atoms with E-state index in [9.17, 15) is 13.2 Å². The molecule has 0 radical (unpaired) electrons. The van der Waals surface area contributed by atoms with Gasteiger partial charge in [0.1, 0.15) is 18.1 Å². The second-order valence-corrected chi connectivity index (χ2v) is 2.36. The van der Waals surface area contributed by atoms with Crippen molar-refractivity contribution < 1.29 is 17.9 Å². The first-order valence-electron chi connectivity index (χ1n) is 3.56. The summed E-state index contributed by atoms with van der Waals surface area (Å²) in [7, 11) is 1.33. The predicted octanol–water partition coefficient (Wildman–Crippen LogP) is 2.50. The Balaban J connectivity index is 3.07. The molecule has 0 N–H and O–H groups in total. The molecule has 5 heteroatoms. The number of hydrogen-bond donors (Lipinski definition) is 0. The molecular weight excluding hydrogens is 183 g/mol. The number of ether oxygens (including phenoxy) is 1. The van der Waals surface area contributed by atoms with Gasteiger partial charge in [0.25, 0.3) is 6.43 Å². The van der Waals surface area contributed by atoms with E-state index in [1.807, 2.05) is 0 Å². The number of pyridine rings is 1. The first-order valence-corrected chi connectivity index (χ1v) is 3.56. The fourth-order valence-electron chi connectivity index (χ4n) is 0.880. The van der Waals surface area contributed by atoms with Gasteiger partial charge in [-0.25, -0.2) is 18.2 Å². The molecule has 0 unspecified atom stereocenters. The molecule has 72 valence electrons. The second kappa shape index (κ2) is 4.11. The van der Waals surface area contributed by atoms with E-state index < -0.39 is 18.8 Å². The Morgan fingerprint density at radius 3 is 2.62 bits per heavy atom. The topological polar surface area (TPSA) is 22.1 Å². The average molecular weight is 191 g/mol. The van der Waals surface area contributed by atoms with Gasteiger partial charge in [0.15, 0.2) is 0 Å². The highest BCUT2D eigenvalue weighted by Crippen LogP contribution is 2.22. The molecule has 0 saturated heterocycles. The molecule has 13 heavy (non-hydrogen) atoms. The van der Waals surface area contributed by atoms with E-state index in [4.69, 9.17) is 4.74 Å². The summed E-state index contributed by atoms with van der Waals surface area (Å²) >= 11 is 0. The zero-order valence-corrected chi connectivity index (χ0v) is 6.93. The van der Waals surface area contributed by atoms with Crippen molar-refractivity contribution in [3.63, 3.8) is 0 Å². The summed E-state index contributed by atoms with van der Waals surface area (Å²) in [5.41, 5.74) is -0.512. The molecule has 0 aliphatic heterocycles. The summed E-state index contributed by atoms with van der Waals surface area (Å²) in [6, 6.07) is 2.37. The SMILES string of the molecule is COc1cc(CF)nc(C(F)F)c1. The Hall–Kier alpha value is -1.26. The van der Waals surface area contributed by atoms with Crippen molar-refractivity contribution in [3.8, 4) is 5.75 Å². The maximum Gasteiger partial charge on any atom is 0.280 e. The van der Waals surface area contributed by atoms with E-state index in [0.29, 0.717) is 0 Å². The normalized spacial score (nSPS) is 10.5. The molecule has 0 bridgehead atoms. The molecule has 0 saturated carbocycles. The highest BCUT2D eigenvalue weighted by atomic mass is 19.3. The van der Waals surface area contributed by atoms with Crippen molar-refractivity contribution >= 4 is 0 Å². The summed E-state index contributed by atoms with van der Waals surface area (Å²) < 4.78 is 41.1. The Morgan fingerprint density at radius 2 is 2.15 bits per heavy atom. The molecule has 0 aliphatic carbocycles. The molecule has 1 aromatic rings. The largest absolute Gasteiger partial charge is 0.497 e. The lowest BCUT2D eigenvalue weighted by molar-refractivity contribution is 0.145. The Morgan fingerprint density at radius 1 is 1.46 bits per heavy atom. The lowest BCUT2D eigenvalue weighted by Gasteiger charge is -2.05. The van der Waals surface area contributed by atoms with Crippen LogP contribution >= 0.6 is 0 Å². The van der Waals surface area contributed by atoms with E-state index >= 15 is 0 Å². The van der Waals surface area contributed by atoms with Crippen molar-refractivity contribution in [2.75, 3.05) is 7.11 Å². The van der Waals surface area contributed by atoms with E-state index in [-0.39, 0.29) is 11.4 Å². The van der Waals surface area contributed by atoms with Crippen molar-refractivity contribution in [1.82, 2.24) is 4.98 Å². The first kappa shape index (κ1) is 9.83. The predicted molar refractivity (Wildman–Crippen MR) is 40.6 cm³/mol. The van der Waals surface area contributed by atoms with Crippen LogP contribution in [0.4, 0.5) is 13.2 Å². The van der Waals surface area contributed by atoms with Gasteiger partial charge < -0.3 is 4.74 Å². The van der Waals surface area contributed by atoms with Crippen LogP contribution in [0.5, 0.6) is 5.75 Å². The quantitative estimate of drug-likeness (QED) is 0.732. The van der Waals surface area contributed by atoms with Crippen LogP contribution in [0.2, 0.25) is 0 Å². The van der Waals surface area contributed by atoms with Gasteiger partial charge in [-0.05, 0) is 0 Å². The zero-order valence-electron chi connectivity index (χ0n) is 6.93. The van der Waals surface area contributed by atoms with Crippen LogP contribution in [0, 0.1) is 0 Å². The standard InChI is InChI=1S/C8H8F3NO/c1-13-6-2-5(4-9)12-7(3-6)8(10)11/h2-3,8H,4H2,1H3. The summed E-state index contributed by atoms with van der Waals surface area (Å²) in [6.45, 7) is -0.878. The van der Waals surface area contributed by atoms with E-state index in [1.165, 1.54) is 13.2 Å². The van der Waals surface area contributed by atoms with E-state index in [2.05, 4.69) is 4.98 Å². The monoisotopic (exact) mass is 191 g/mol. The molecular formula is C8H8F3NO. The van der Waals surface area contributed by atoms with Crippen LogP contribution in [0.15, 0.2) is 12.1 Å². The van der Waals surface area contributed by atoms with Gasteiger partial charge in [-0.2, -0.15) is 0 Å². The molecule has 1 rings (SSSR count). The smallest absolute Gasteiger partial charge is 0.280 e. The molecule has 2 nitrogen and oxygen atoms in total. The molecule has 0 spiro atoms. The zero-order chi connectivity index (χ0) is 9.84. The minimum atomic E-state index is -2.71. The van der Waals surface area contributed by atoms with E-state index in [1.54, 1.807) is 0 Å². The van der Waals surface area contributed by atoms with Crippen LogP contribution in [0.25, 0.3) is 0 Å².